The van der Waals surface area contributed by atoms with Gasteiger partial charge in [-0.05, 0) is 23.8 Å². The lowest BCUT2D eigenvalue weighted by Gasteiger charge is -2.12. The molecule has 1 aromatic heterocycles. The molecule has 0 aliphatic carbocycles. The Kier molecular flexibility index (Phi) is 4.97. The predicted molar refractivity (Wildman–Crippen MR) is 117 cm³/mol. The minimum atomic E-state index is 0.470. The maximum absolute atomic E-state index is 4.70. The molecule has 5 heteroatoms. The molecule has 0 aliphatic rings. The first kappa shape index (κ1) is 17.7. The van der Waals surface area contributed by atoms with Gasteiger partial charge in [0.2, 0.25) is 5.95 Å². The molecule has 28 heavy (non-hydrogen) atoms. The van der Waals surface area contributed by atoms with Crippen molar-refractivity contribution in [2.45, 2.75) is 0 Å². The van der Waals surface area contributed by atoms with Crippen LogP contribution >= 0.6 is 0 Å². The minimum absolute atomic E-state index is 0.470. The van der Waals surface area contributed by atoms with Gasteiger partial charge in [-0.15, -0.1) is 0 Å². The highest BCUT2D eigenvalue weighted by Gasteiger charge is 2.09. The van der Waals surface area contributed by atoms with E-state index in [-0.39, 0.29) is 0 Å². The van der Waals surface area contributed by atoms with Crippen LogP contribution in [0.15, 0.2) is 84.0 Å². The molecule has 1 N–H and O–H groups in total. The fourth-order valence-electron chi connectivity index (χ4n) is 2.99. The summed E-state index contributed by atoms with van der Waals surface area (Å²) >= 11 is 0. The first-order valence-corrected chi connectivity index (χ1v) is 9.09. The highest BCUT2D eigenvalue weighted by atomic mass is 15.3. The molecule has 3 aromatic carbocycles. The van der Waals surface area contributed by atoms with E-state index >= 15 is 0 Å². The Labute approximate surface area is 164 Å². The standard InChI is InChI=1S/C23H21N5/c1-28(2)19-12-8-9-17(15-19)16-24-27-23-25-21-14-7-6-13-20(21)22(26-23)18-10-4-3-5-11-18/h3-16H,1-2H3,(H,25,26,27). The van der Waals surface area contributed by atoms with E-state index in [2.05, 4.69) is 44.7 Å². The molecule has 0 saturated heterocycles. The summed E-state index contributed by atoms with van der Waals surface area (Å²) in [6.07, 6.45) is 1.77. The van der Waals surface area contributed by atoms with Gasteiger partial charge < -0.3 is 4.90 Å². The van der Waals surface area contributed by atoms with Crippen LogP contribution in [0.3, 0.4) is 0 Å². The Bertz CT molecular complexity index is 1120. The highest BCUT2D eigenvalue weighted by molar-refractivity contribution is 5.93. The van der Waals surface area contributed by atoms with Crippen molar-refractivity contribution >= 4 is 28.8 Å². The summed E-state index contributed by atoms with van der Waals surface area (Å²) in [4.78, 5) is 11.4. The van der Waals surface area contributed by atoms with Gasteiger partial charge in [0.25, 0.3) is 0 Å². The van der Waals surface area contributed by atoms with Crippen LogP contribution < -0.4 is 10.3 Å². The summed E-state index contributed by atoms with van der Waals surface area (Å²) in [5.74, 6) is 0.470. The topological polar surface area (TPSA) is 53.4 Å². The molecule has 0 spiro atoms. The van der Waals surface area contributed by atoms with Crippen molar-refractivity contribution in [2.75, 3.05) is 24.4 Å². The molecule has 0 saturated carbocycles. The number of rotatable bonds is 5. The third kappa shape index (κ3) is 3.83. The Morgan fingerprint density at radius 3 is 2.46 bits per heavy atom. The van der Waals surface area contributed by atoms with Crippen LogP contribution in [0.4, 0.5) is 11.6 Å². The summed E-state index contributed by atoms with van der Waals surface area (Å²) < 4.78 is 0. The van der Waals surface area contributed by atoms with Crippen molar-refractivity contribution in [2.24, 2.45) is 5.10 Å². The van der Waals surface area contributed by atoms with Crippen molar-refractivity contribution in [3.05, 3.63) is 84.4 Å². The van der Waals surface area contributed by atoms with Crippen LogP contribution in [0.2, 0.25) is 0 Å². The fraction of sp³-hybridized carbons (Fsp3) is 0.0870. The molecule has 138 valence electrons. The number of hydrogen-bond donors (Lipinski definition) is 1. The maximum atomic E-state index is 4.70. The van der Waals surface area contributed by atoms with Gasteiger partial charge in [-0.25, -0.2) is 15.4 Å². The molecule has 4 aromatic rings. The van der Waals surface area contributed by atoms with Crippen LogP contribution in [0.5, 0.6) is 0 Å². The van der Waals surface area contributed by atoms with Crippen molar-refractivity contribution in [1.82, 2.24) is 9.97 Å². The van der Waals surface area contributed by atoms with Crippen molar-refractivity contribution in [3.8, 4) is 11.3 Å². The average molecular weight is 367 g/mol. The van der Waals surface area contributed by atoms with Crippen LogP contribution in [0.25, 0.3) is 22.2 Å². The molecular formula is C23H21N5. The molecule has 5 nitrogen and oxygen atoms in total. The number of hydrogen-bond acceptors (Lipinski definition) is 5. The quantitative estimate of drug-likeness (QED) is 0.406. The molecule has 0 bridgehead atoms. The second-order valence-electron chi connectivity index (χ2n) is 6.64. The number of anilines is 2. The van der Waals surface area contributed by atoms with Gasteiger partial charge >= 0.3 is 0 Å². The minimum Gasteiger partial charge on any atom is -0.378 e. The predicted octanol–water partition coefficient (Wildman–Crippen LogP) is 4.81. The molecule has 0 unspecified atom stereocenters. The summed E-state index contributed by atoms with van der Waals surface area (Å²) in [5.41, 5.74) is 7.92. The molecule has 4 rings (SSSR count). The third-order valence-electron chi connectivity index (χ3n) is 4.42. The van der Waals surface area contributed by atoms with E-state index in [0.717, 1.165) is 33.4 Å². The number of hydrazone groups is 1. The second-order valence-corrected chi connectivity index (χ2v) is 6.64. The van der Waals surface area contributed by atoms with Crippen molar-refractivity contribution in [1.29, 1.82) is 0 Å². The summed E-state index contributed by atoms with van der Waals surface area (Å²) in [7, 11) is 4.03. The fourth-order valence-corrected chi connectivity index (χ4v) is 2.99. The first-order valence-electron chi connectivity index (χ1n) is 9.09. The zero-order valence-electron chi connectivity index (χ0n) is 15.9. The lowest BCUT2D eigenvalue weighted by Crippen LogP contribution is -2.08. The number of para-hydroxylation sites is 1. The molecule has 0 radical (unpaired) electrons. The van der Waals surface area contributed by atoms with E-state index in [1.165, 1.54) is 0 Å². The molecular weight excluding hydrogens is 346 g/mol. The zero-order valence-corrected chi connectivity index (χ0v) is 15.9. The van der Waals surface area contributed by atoms with E-state index in [9.17, 15) is 0 Å². The molecule has 0 atom stereocenters. The summed E-state index contributed by atoms with van der Waals surface area (Å²) in [6, 6.07) is 26.3. The van der Waals surface area contributed by atoms with E-state index < -0.39 is 0 Å². The average Bonchev–Trinajstić information content (AvgIpc) is 2.74. The second kappa shape index (κ2) is 7.88. The van der Waals surface area contributed by atoms with E-state index in [1.54, 1.807) is 6.21 Å². The third-order valence-corrected chi connectivity index (χ3v) is 4.42. The molecule has 0 fully saturated rings. The first-order chi connectivity index (χ1) is 13.7. The number of benzene rings is 3. The van der Waals surface area contributed by atoms with Crippen molar-refractivity contribution in [3.63, 3.8) is 0 Å². The highest BCUT2D eigenvalue weighted by Crippen LogP contribution is 2.27. The van der Waals surface area contributed by atoms with Crippen LogP contribution in [-0.4, -0.2) is 30.3 Å². The van der Waals surface area contributed by atoms with Gasteiger partial charge in [0, 0.05) is 30.7 Å². The lowest BCUT2D eigenvalue weighted by atomic mass is 10.1. The molecule has 0 amide bonds. The Balaban J connectivity index is 1.65. The van der Waals surface area contributed by atoms with E-state index in [1.807, 2.05) is 68.7 Å². The monoisotopic (exact) mass is 367 g/mol. The van der Waals surface area contributed by atoms with Gasteiger partial charge in [-0.3, -0.25) is 0 Å². The number of fused-ring (bicyclic) bond motifs is 1. The van der Waals surface area contributed by atoms with Crippen LogP contribution in [0.1, 0.15) is 5.56 Å². The Morgan fingerprint density at radius 2 is 1.64 bits per heavy atom. The zero-order chi connectivity index (χ0) is 19.3. The normalized spacial score (nSPS) is 11.1. The molecule has 1 heterocycles. The van der Waals surface area contributed by atoms with Crippen molar-refractivity contribution < 1.29 is 0 Å². The largest absolute Gasteiger partial charge is 0.378 e. The van der Waals surface area contributed by atoms with E-state index in [0.29, 0.717) is 5.95 Å². The van der Waals surface area contributed by atoms with Gasteiger partial charge in [-0.2, -0.15) is 5.10 Å². The lowest BCUT2D eigenvalue weighted by molar-refractivity contribution is 1.13. The van der Waals surface area contributed by atoms with Gasteiger partial charge in [0.15, 0.2) is 0 Å². The summed E-state index contributed by atoms with van der Waals surface area (Å²) in [5, 5.41) is 5.35. The number of aromatic nitrogens is 2. The van der Waals surface area contributed by atoms with Gasteiger partial charge in [0.1, 0.15) is 0 Å². The Morgan fingerprint density at radius 1 is 0.857 bits per heavy atom. The SMILES string of the molecule is CN(C)c1cccc(C=NNc2nc(-c3ccccc3)c3ccccc3n2)c1. The molecule has 0 aliphatic heterocycles. The summed E-state index contributed by atoms with van der Waals surface area (Å²) in [6.45, 7) is 0. The smallest absolute Gasteiger partial charge is 0.244 e. The van der Waals surface area contributed by atoms with Gasteiger partial charge in [-0.1, -0.05) is 60.7 Å². The van der Waals surface area contributed by atoms with Gasteiger partial charge in [0.05, 0.1) is 17.4 Å². The number of nitrogens with zero attached hydrogens (tertiary/aromatic N) is 4. The maximum Gasteiger partial charge on any atom is 0.244 e. The Hall–Kier alpha value is -3.73. The van der Waals surface area contributed by atoms with E-state index in [4.69, 9.17) is 4.98 Å². The number of nitrogens with one attached hydrogen (secondary N) is 1. The van der Waals surface area contributed by atoms with Crippen LogP contribution in [-0.2, 0) is 0 Å². The van der Waals surface area contributed by atoms with Crippen LogP contribution in [0, 0.1) is 0 Å².